The van der Waals surface area contributed by atoms with Gasteiger partial charge in [-0.2, -0.15) is 0 Å². The van der Waals surface area contributed by atoms with Crippen LogP contribution in [-0.4, -0.2) is 70.7 Å². The standard InChI is InChI=1S/C23H30ClN9O4.ClH/c1-2-32-16-11-14(37-8-5-25)3-4-15(16)33(13-18(34)31-6-9-36-10-7-31)17(32)12-28-23(35)19-21(26)30-22(27)20(24)29-19;/h3-4,11H,2,5-10,12-13,25H2,1H3,(H4-,26,27,28,30,35);1H. The van der Waals surface area contributed by atoms with E-state index in [0.29, 0.717) is 57.6 Å². The minimum absolute atomic E-state index is 0. The molecule has 206 valence electrons. The van der Waals surface area contributed by atoms with Crippen molar-refractivity contribution in [3.05, 3.63) is 34.9 Å². The number of hydrogen-bond donors (Lipinski definition) is 4. The molecule has 2 amide bonds. The van der Waals surface area contributed by atoms with E-state index in [1.54, 1.807) is 4.90 Å². The fourth-order valence-electron chi connectivity index (χ4n) is 4.26. The Hall–Kier alpha value is -3.39. The average molecular weight is 568 g/mol. The summed E-state index contributed by atoms with van der Waals surface area (Å²) < 4.78 is 15.0. The second kappa shape index (κ2) is 12.9. The summed E-state index contributed by atoms with van der Waals surface area (Å²) in [6.45, 7) is 5.58. The zero-order valence-electron chi connectivity index (χ0n) is 21.0. The van der Waals surface area contributed by atoms with Crippen LogP contribution in [0.3, 0.4) is 0 Å². The van der Waals surface area contributed by atoms with Crippen LogP contribution in [0.5, 0.6) is 5.75 Å². The summed E-state index contributed by atoms with van der Waals surface area (Å²) in [5.74, 6) is 0.558. The van der Waals surface area contributed by atoms with Crippen molar-refractivity contribution in [3.8, 4) is 5.75 Å². The number of hydrogen-bond acceptors (Lipinski definition) is 9. The van der Waals surface area contributed by atoms with Crippen LogP contribution in [0, 0.1) is 0 Å². The number of ether oxygens (including phenoxy) is 2. The molecular formula is C23H31Cl2N9O4. The summed E-state index contributed by atoms with van der Waals surface area (Å²) in [5, 5.41) is 2.71. The van der Waals surface area contributed by atoms with Crippen LogP contribution >= 0.6 is 11.6 Å². The number of rotatable bonds is 9. The van der Waals surface area contributed by atoms with Crippen molar-refractivity contribution in [1.29, 1.82) is 0 Å². The van der Waals surface area contributed by atoms with Gasteiger partial charge in [0.05, 0.1) is 19.8 Å². The summed E-state index contributed by atoms with van der Waals surface area (Å²) in [6.07, 6.45) is 0. The van der Waals surface area contributed by atoms with Crippen LogP contribution in [0.1, 0.15) is 23.2 Å². The number of aromatic nitrogens is 4. The molecule has 0 aliphatic carbocycles. The molecule has 1 aliphatic rings. The normalized spacial score (nSPS) is 13.3. The third-order valence-corrected chi connectivity index (χ3v) is 6.32. The highest BCUT2D eigenvalue weighted by molar-refractivity contribution is 6.31. The monoisotopic (exact) mass is 567 g/mol. The maximum Gasteiger partial charge on any atom is 0.277 e. The molecule has 15 heteroatoms. The first-order valence-corrected chi connectivity index (χ1v) is 12.3. The molecule has 0 saturated carbocycles. The van der Waals surface area contributed by atoms with Crippen molar-refractivity contribution in [2.45, 2.75) is 26.6 Å². The fourth-order valence-corrected chi connectivity index (χ4v) is 4.38. The summed E-state index contributed by atoms with van der Waals surface area (Å²) in [5.41, 5.74) is 18.6. The first-order valence-electron chi connectivity index (χ1n) is 11.9. The van der Waals surface area contributed by atoms with E-state index in [4.69, 9.17) is 38.3 Å². The number of nitrogen functional groups attached to an aromatic ring is 2. The first-order chi connectivity index (χ1) is 17.8. The number of nitrogens with one attached hydrogen (secondary N) is 1. The average Bonchev–Trinajstić information content (AvgIpc) is 3.19. The number of imidazole rings is 1. The molecule has 4 rings (SSSR count). The Morgan fingerprint density at radius 3 is 2.63 bits per heavy atom. The Morgan fingerprint density at radius 2 is 1.95 bits per heavy atom. The molecule has 13 nitrogen and oxygen atoms in total. The zero-order valence-corrected chi connectivity index (χ0v) is 22.5. The molecule has 0 atom stereocenters. The maximum atomic E-state index is 13.2. The summed E-state index contributed by atoms with van der Waals surface area (Å²) in [7, 11) is 0. The second-order valence-corrected chi connectivity index (χ2v) is 8.70. The third kappa shape index (κ3) is 6.18. The molecular weight excluding hydrogens is 537 g/mol. The van der Waals surface area contributed by atoms with Crippen LogP contribution in [0.2, 0.25) is 5.15 Å². The molecule has 0 bridgehead atoms. The number of carbonyl (C=O) groups is 2. The van der Waals surface area contributed by atoms with Gasteiger partial charge in [-0.3, -0.25) is 9.59 Å². The number of nitrogens with zero attached hydrogens (tertiary/aromatic N) is 5. The number of carbonyl (C=O) groups excluding carboxylic acids is 2. The lowest BCUT2D eigenvalue weighted by Crippen LogP contribution is -3.00. The maximum absolute atomic E-state index is 13.2. The number of anilines is 2. The third-order valence-electron chi connectivity index (χ3n) is 6.04. The quantitative estimate of drug-likeness (QED) is 0.192. The number of halogens is 2. The van der Waals surface area contributed by atoms with Crippen molar-refractivity contribution in [3.63, 3.8) is 0 Å². The smallest absolute Gasteiger partial charge is 0.277 e. The van der Waals surface area contributed by atoms with Gasteiger partial charge in [0.15, 0.2) is 40.1 Å². The van der Waals surface area contributed by atoms with Crippen molar-refractivity contribution in [1.82, 2.24) is 24.8 Å². The van der Waals surface area contributed by atoms with Gasteiger partial charge in [-0.15, -0.1) is 0 Å². The lowest BCUT2D eigenvalue weighted by Gasteiger charge is -2.26. The molecule has 7 N–H and O–H groups in total. The Kier molecular flexibility index (Phi) is 9.91. The number of nitrogens with two attached hydrogens (primary N) is 3. The SMILES string of the molecule is CCn1c(CNC(=O)c2nc(Cl)c(N)nc2N)[n+](CC(=O)N2CCOCC2)c2ccc(OCCN)cc21.[Cl-]. The van der Waals surface area contributed by atoms with Gasteiger partial charge in [-0.05, 0) is 19.1 Å². The van der Waals surface area contributed by atoms with Gasteiger partial charge in [0, 0.05) is 25.7 Å². The van der Waals surface area contributed by atoms with E-state index in [-0.39, 0.29) is 53.9 Å². The topological polar surface area (TPSA) is 181 Å². The number of amides is 2. The second-order valence-electron chi connectivity index (χ2n) is 8.34. The molecule has 3 heterocycles. The highest BCUT2D eigenvalue weighted by atomic mass is 35.5. The van der Waals surface area contributed by atoms with Crippen molar-refractivity contribution in [2.75, 3.05) is 50.9 Å². The molecule has 0 spiro atoms. The molecule has 1 fully saturated rings. The molecule has 1 aromatic carbocycles. The van der Waals surface area contributed by atoms with Gasteiger partial charge < -0.3 is 49.3 Å². The van der Waals surface area contributed by atoms with E-state index >= 15 is 0 Å². The molecule has 0 unspecified atom stereocenters. The molecule has 3 aromatic rings. The van der Waals surface area contributed by atoms with Gasteiger partial charge in [-0.25, -0.2) is 19.1 Å². The number of morpholine rings is 1. The number of benzene rings is 1. The predicted molar refractivity (Wildman–Crippen MR) is 137 cm³/mol. The van der Waals surface area contributed by atoms with E-state index in [0.717, 1.165) is 11.0 Å². The summed E-state index contributed by atoms with van der Waals surface area (Å²) >= 11 is 5.94. The van der Waals surface area contributed by atoms with E-state index in [9.17, 15) is 9.59 Å². The molecule has 2 aromatic heterocycles. The van der Waals surface area contributed by atoms with Crippen LogP contribution in [0.25, 0.3) is 11.0 Å². The highest BCUT2D eigenvalue weighted by Gasteiger charge is 2.29. The Bertz CT molecular complexity index is 1310. The Morgan fingerprint density at radius 1 is 1.21 bits per heavy atom. The molecule has 1 saturated heterocycles. The van der Waals surface area contributed by atoms with Crippen LogP contribution in [0.15, 0.2) is 18.2 Å². The largest absolute Gasteiger partial charge is 1.00 e. The van der Waals surface area contributed by atoms with Gasteiger partial charge in [-0.1, -0.05) is 11.6 Å². The van der Waals surface area contributed by atoms with Crippen molar-refractivity contribution < 1.29 is 36.0 Å². The van der Waals surface area contributed by atoms with Gasteiger partial charge in [0.2, 0.25) is 0 Å². The van der Waals surface area contributed by atoms with E-state index < -0.39 is 5.91 Å². The zero-order chi connectivity index (χ0) is 26.5. The lowest BCUT2D eigenvalue weighted by atomic mass is 10.3. The predicted octanol–water partition coefficient (Wildman–Crippen LogP) is -3.31. The fraction of sp³-hybridized carbons (Fsp3) is 0.435. The molecule has 0 radical (unpaired) electrons. The van der Waals surface area contributed by atoms with Gasteiger partial charge >= 0.3 is 0 Å². The number of fused-ring (bicyclic) bond motifs is 1. The molecule has 1 aliphatic heterocycles. The summed E-state index contributed by atoms with van der Waals surface area (Å²) in [6, 6.07) is 5.63. The van der Waals surface area contributed by atoms with Gasteiger partial charge in [0.1, 0.15) is 18.9 Å². The Labute approximate surface area is 230 Å². The van der Waals surface area contributed by atoms with Crippen LogP contribution in [-0.2, 0) is 29.2 Å². The minimum Gasteiger partial charge on any atom is -1.00 e. The Balaban J connectivity index is 0.00000400. The molecule has 38 heavy (non-hydrogen) atoms. The first kappa shape index (κ1) is 29.2. The van der Waals surface area contributed by atoms with Crippen LogP contribution in [0.4, 0.5) is 11.6 Å². The lowest BCUT2D eigenvalue weighted by molar-refractivity contribution is -0.668. The summed E-state index contributed by atoms with van der Waals surface area (Å²) in [4.78, 5) is 35.7. The van der Waals surface area contributed by atoms with E-state index in [1.807, 2.05) is 34.3 Å². The van der Waals surface area contributed by atoms with E-state index in [1.165, 1.54) is 0 Å². The number of aryl methyl sites for hydroxylation is 1. The van der Waals surface area contributed by atoms with Crippen molar-refractivity contribution >= 4 is 46.1 Å². The van der Waals surface area contributed by atoms with E-state index in [2.05, 4.69) is 15.3 Å². The highest BCUT2D eigenvalue weighted by Crippen LogP contribution is 2.22. The van der Waals surface area contributed by atoms with Gasteiger partial charge in [0.25, 0.3) is 17.6 Å². The van der Waals surface area contributed by atoms with Crippen LogP contribution < -0.4 is 44.2 Å². The minimum atomic E-state index is -0.571. The van der Waals surface area contributed by atoms with Crippen molar-refractivity contribution in [2.24, 2.45) is 5.73 Å².